The summed E-state index contributed by atoms with van der Waals surface area (Å²) in [4.78, 5) is 5.15. The van der Waals surface area contributed by atoms with Crippen LogP contribution in [0.2, 0.25) is 0 Å². The smallest absolute Gasteiger partial charge is 0.128 e. The maximum atomic E-state index is 9.73. The van der Waals surface area contributed by atoms with Crippen LogP contribution in [0.25, 0.3) is 0 Å². The Morgan fingerprint density at radius 1 is 0.905 bits per heavy atom. The first kappa shape index (κ1) is 18.2. The minimum atomic E-state index is -0.518. The Bertz CT molecular complexity index is 379. The number of benzene rings is 1. The zero-order valence-electron chi connectivity index (χ0n) is 14.0. The number of hydrogen-bond donors (Lipinski definition) is 1. The lowest BCUT2D eigenvalue weighted by Gasteiger charge is -2.33. The van der Waals surface area contributed by atoms with Crippen molar-refractivity contribution in [1.29, 1.82) is 0 Å². The molecule has 1 rings (SSSR count). The van der Waals surface area contributed by atoms with Gasteiger partial charge in [0.15, 0.2) is 0 Å². The minimum Gasteiger partial charge on any atom is -0.251 e. The molecular formula is C19H32O2. The fourth-order valence-electron chi connectivity index (χ4n) is 3.01. The number of aryl methyl sites for hydroxylation is 1. The molecule has 0 spiro atoms. The van der Waals surface area contributed by atoms with Crippen molar-refractivity contribution in [3.8, 4) is 0 Å². The van der Waals surface area contributed by atoms with Crippen molar-refractivity contribution in [2.45, 2.75) is 84.2 Å². The molecular weight excluding hydrogens is 260 g/mol. The van der Waals surface area contributed by atoms with Gasteiger partial charge in [0.1, 0.15) is 5.60 Å². The first-order valence-electron chi connectivity index (χ1n) is 8.65. The van der Waals surface area contributed by atoms with Crippen molar-refractivity contribution in [3.05, 3.63) is 35.4 Å². The molecule has 1 aromatic rings. The zero-order valence-corrected chi connectivity index (χ0v) is 14.0. The van der Waals surface area contributed by atoms with Gasteiger partial charge in [-0.3, -0.25) is 5.26 Å². The predicted molar refractivity (Wildman–Crippen MR) is 89.5 cm³/mol. The third-order valence-electron chi connectivity index (χ3n) is 4.35. The van der Waals surface area contributed by atoms with E-state index >= 15 is 0 Å². The molecule has 0 fully saturated rings. The van der Waals surface area contributed by atoms with Gasteiger partial charge in [0, 0.05) is 0 Å². The van der Waals surface area contributed by atoms with Gasteiger partial charge in [0.2, 0.25) is 0 Å². The van der Waals surface area contributed by atoms with E-state index in [4.69, 9.17) is 4.89 Å². The Morgan fingerprint density at radius 3 is 2.00 bits per heavy atom. The summed E-state index contributed by atoms with van der Waals surface area (Å²) in [7, 11) is 0. The lowest BCUT2D eigenvalue weighted by molar-refractivity contribution is -0.334. The van der Waals surface area contributed by atoms with Crippen molar-refractivity contribution < 1.29 is 10.1 Å². The van der Waals surface area contributed by atoms with Gasteiger partial charge in [-0.05, 0) is 36.8 Å². The maximum absolute atomic E-state index is 9.73. The Labute approximate surface area is 130 Å². The quantitative estimate of drug-likeness (QED) is 0.395. The molecule has 21 heavy (non-hydrogen) atoms. The van der Waals surface area contributed by atoms with E-state index in [1.165, 1.54) is 24.0 Å². The van der Waals surface area contributed by atoms with Crippen LogP contribution in [0.4, 0.5) is 0 Å². The van der Waals surface area contributed by atoms with Crippen molar-refractivity contribution in [2.24, 2.45) is 0 Å². The van der Waals surface area contributed by atoms with Gasteiger partial charge in [0.25, 0.3) is 0 Å². The highest BCUT2D eigenvalue weighted by molar-refractivity contribution is 5.33. The Kier molecular flexibility index (Phi) is 8.63. The summed E-state index contributed by atoms with van der Waals surface area (Å²) in [6.07, 6.45) is 9.61. The highest BCUT2D eigenvalue weighted by Gasteiger charge is 2.34. The molecule has 120 valence electrons. The highest BCUT2D eigenvalue weighted by atomic mass is 17.1. The third kappa shape index (κ3) is 5.12. The number of unbranched alkanes of at least 4 members (excludes halogenated alkanes) is 3. The van der Waals surface area contributed by atoms with Crippen LogP contribution in [-0.4, -0.2) is 5.26 Å². The molecule has 1 N–H and O–H groups in total. The molecule has 0 aromatic heterocycles. The molecule has 0 aliphatic carbocycles. The molecule has 0 heterocycles. The van der Waals surface area contributed by atoms with Crippen LogP contribution in [0.3, 0.4) is 0 Å². The summed E-state index contributed by atoms with van der Waals surface area (Å²) in [6, 6.07) is 8.50. The second-order valence-corrected chi connectivity index (χ2v) is 6.05. The summed E-state index contributed by atoms with van der Waals surface area (Å²) in [6.45, 7) is 6.59. The third-order valence-corrected chi connectivity index (χ3v) is 4.35. The van der Waals surface area contributed by atoms with Gasteiger partial charge in [0.05, 0.1) is 0 Å². The monoisotopic (exact) mass is 292 g/mol. The Balaban J connectivity index is 3.10. The molecule has 0 atom stereocenters. The van der Waals surface area contributed by atoms with Crippen LogP contribution >= 0.6 is 0 Å². The fraction of sp³-hybridized carbons (Fsp3) is 0.684. The van der Waals surface area contributed by atoms with Crippen LogP contribution in [-0.2, 0) is 16.9 Å². The fourth-order valence-corrected chi connectivity index (χ4v) is 3.01. The molecule has 0 radical (unpaired) electrons. The second-order valence-electron chi connectivity index (χ2n) is 6.05. The van der Waals surface area contributed by atoms with Gasteiger partial charge in [-0.1, -0.05) is 77.1 Å². The second kappa shape index (κ2) is 9.97. The van der Waals surface area contributed by atoms with Crippen molar-refractivity contribution in [2.75, 3.05) is 0 Å². The van der Waals surface area contributed by atoms with E-state index in [9.17, 15) is 5.26 Å². The molecule has 0 aliphatic rings. The zero-order chi connectivity index (χ0) is 15.6. The molecule has 0 aliphatic heterocycles. The van der Waals surface area contributed by atoms with Gasteiger partial charge < -0.3 is 0 Å². The molecule has 2 heteroatoms. The topological polar surface area (TPSA) is 29.5 Å². The van der Waals surface area contributed by atoms with Gasteiger partial charge in [-0.25, -0.2) is 4.89 Å². The van der Waals surface area contributed by atoms with Gasteiger partial charge in [-0.15, -0.1) is 0 Å². The maximum Gasteiger partial charge on any atom is 0.128 e. The summed E-state index contributed by atoms with van der Waals surface area (Å²) in [5.41, 5.74) is 2.01. The van der Waals surface area contributed by atoms with Crippen molar-refractivity contribution in [1.82, 2.24) is 0 Å². The van der Waals surface area contributed by atoms with E-state index in [-0.39, 0.29) is 0 Å². The predicted octanol–water partition coefficient (Wildman–Crippen LogP) is 6.09. The van der Waals surface area contributed by atoms with Gasteiger partial charge >= 0.3 is 0 Å². The summed E-state index contributed by atoms with van der Waals surface area (Å²) < 4.78 is 0. The molecule has 1 aromatic carbocycles. The molecule has 2 nitrogen and oxygen atoms in total. The van der Waals surface area contributed by atoms with Crippen LogP contribution < -0.4 is 0 Å². The van der Waals surface area contributed by atoms with E-state index in [0.29, 0.717) is 0 Å². The normalized spacial score (nSPS) is 11.8. The SMILES string of the molecule is CCCCc1ccccc1C(CCCC)(CCCC)OO. The number of hydrogen-bond acceptors (Lipinski definition) is 2. The van der Waals surface area contributed by atoms with Gasteiger partial charge in [-0.2, -0.15) is 0 Å². The van der Waals surface area contributed by atoms with Crippen LogP contribution in [0.5, 0.6) is 0 Å². The molecule has 0 bridgehead atoms. The molecule has 0 unspecified atom stereocenters. The lowest BCUT2D eigenvalue weighted by Crippen LogP contribution is -2.30. The Hall–Kier alpha value is -0.860. The van der Waals surface area contributed by atoms with E-state index in [1.807, 2.05) is 0 Å². The van der Waals surface area contributed by atoms with E-state index in [0.717, 1.165) is 44.9 Å². The van der Waals surface area contributed by atoms with E-state index < -0.39 is 5.60 Å². The average molecular weight is 292 g/mol. The number of rotatable bonds is 11. The molecule has 0 amide bonds. The minimum absolute atomic E-state index is 0.518. The van der Waals surface area contributed by atoms with Crippen LogP contribution in [0.15, 0.2) is 24.3 Å². The summed E-state index contributed by atoms with van der Waals surface area (Å²) in [5, 5.41) is 9.73. The standard InChI is InChI=1S/C19H32O2/c1-4-7-12-17-13-10-11-14-18(17)19(21-20,15-8-5-2)16-9-6-3/h10-11,13-14,20H,4-9,12,15-16H2,1-3H3. The van der Waals surface area contributed by atoms with E-state index in [2.05, 4.69) is 45.0 Å². The first-order chi connectivity index (χ1) is 10.2. The van der Waals surface area contributed by atoms with Crippen LogP contribution in [0, 0.1) is 0 Å². The van der Waals surface area contributed by atoms with Crippen LogP contribution in [0.1, 0.15) is 83.3 Å². The average Bonchev–Trinajstić information content (AvgIpc) is 2.54. The molecule has 0 saturated heterocycles. The molecule has 0 saturated carbocycles. The van der Waals surface area contributed by atoms with E-state index in [1.54, 1.807) is 0 Å². The largest absolute Gasteiger partial charge is 0.251 e. The lowest BCUT2D eigenvalue weighted by atomic mass is 9.80. The highest BCUT2D eigenvalue weighted by Crippen LogP contribution is 2.38. The summed E-state index contributed by atoms with van der Waals surface area (Å²) in [5.74, 6) is 0. The first-order valence-corrected chi connectivity index (χ1v) is 8.65. The summed E-state index contributed by atoms with van der Waals surface area (Å²) >= 11 is 0. The Morgan fingerprint density at radius 2 is 1.48 bits per heavy atom. The van der Waals surface area contributed by atoms with Crippen molar-refractivity contribution >= 4 is 0 Å². The van der Waals surface area contributed by atoms with Crippen molar-refractivity contribution in [3.63, 3.8) is 0 Å².